The molecule has 0 aliphatic carbocycles. The van der Waals surface area contributed by atoms with Crippen molar-refractivity contribution in [2.24, 2.45) is 0 Å². The highest BCUT2D eigenvalue weighted by Crippen LogP contribution is 2.25. The summed E-state index contributed by atoms with van der Waals surface area (Å²) in [6.07, 6.45) is 2.29. The van der Waals surface area contributed by atoms with Gasteiger partial charge in [0.1, 0.15) is 28.0 Å². The largest absolute Gasteiger partial charge is 0.485 e. The number of rotatable bonds is 6. The lowest BCUT2D eigenvalue weighted by Crippen LogP contribution is -1.99. The molecule has 0 saturated heterocycles. The molecule has 2 heterocycles. The number of ether oxygens (including phenoxy) is 1. The van der Waals surface area contributed by atoms with Crippen LogP contribution in [-0.4, -0.2) is 30.0 Å². The summed E-state index contributed by atoms with van der Waals surface area (Å²) >= 11 is 0. The van der Waals surface area contributed by atoms with Crippen molar-refractivity contribution in [1.82, 2.24) is 15.3 Å². The van der Waals surface area contributed by atoms with Gasteiger partial charge in [-0.25, -0.2) is 8.42 Å². The first kappa shape index (κ1) is 19.3. The SMILES string of the molecule is Cc1noc(C)c1-c1nc(COc2ccc(C=C(C#N)S(C)(=O)=O)cc2)no1. The summed E-state index contributed by atoms with van der Waals surface area (Å²) in [7, 11) is -3.56. The molecule has 28 heavy (non-hydrogen) atoms. The van der Waals surface area contributed by atoms with Crippen LogP contribution in [0, 0.1) is 25.2 Å². The fourth-order valence-corrected chi connectivity index (χ4v) is 2.90. The minimum atomic E-state index is -3.56. The highest BCUT2D eigenvalue weighted by molar-refractivity contribution is 7.95. The van der Waals surface area contributed by atoms with Crippen LogP contribution < -0.4 is 4.74 Å². The fourth-order valence-electron chi connectivity index (χ4n) is 2.38. The van der Waals surface area contributed by atoms with Gasteiger partial charge in [0.2, 0.25) is 5.82 Å². The summed E-state index contributed by atoms with van der Waals surface area (Å²) in [5, 5.41) is 16.7. The molecule has 0 aliphatic heterocycles. The summed E-state index contributed by atoms with van der Waals surface area (Å²) in [4.78, 5) is 3.96. The van der Waals surface area contributed by atoms with Crippen LogP contribution >= 0.6 is 0 Å². The van der Waals surface area contributed by atoms with Crippen LogP contribution in [0.5, 0.6) is 5.75 Å². The first-order chi connectivity index (χ1) is 13.3. The Balaban J connectivity index is 1.68. The number of benzene rings is 1. The molecule has 0 radical (unpaired) electrons. The molecule has 0 fully saturated rings. The minimum Gasteiger partial charge on any atom is -0.485 e. The molecule has 3 aromatic rings. The smallest absolute Gasteiger partial charge is 0.263 e. The van der Waals surface area contributed by atoms with Gasteiger partial charge in [0.05, 0.1) is 5.69 Å². The van der Waals surface area contributed by atoms with Crippen LogP contribution in [0.1, 0.15) is 22.8 Å². The Morgan fingerprint density at radius 2 is 1.93 bits per heavy atom. The zero-order valence-electron chi connectivity index (χ0n) is 15.3. The van der Waals surface area contributed by atoms with Crippen molar-refractivity contribution < 1.29 is 22.2 Å². The predicted molar refractivity (Wildman–Crippen MR) is 98.5 cm³/mol. The lowest BCUT2D eigenvalue weighted by molar-refractivity contribution is 0.287. The van der Waals surface area contributed by atoms with E-state index in [9.17, 15) is 8.42 Å². The van der Waals surface area contributed by atoms with E-state index in [0.29, 0.717) is 40.0 Å². The van der Waals surface area contributed by atoms with Crippen LogP contribution in [0.2, 0.25) is 0 Å². The average molecular weight is 400 g/mol. The molecule has 0 N–H and O–H groups in total. The lowest BCUT2D eigenvalue weighted by Gasteiger charge is -2.03. The number of sulfone groups is 1. The predicted octanol–water partition coefficient (Wildman–Crippen LogP) is 2.83. The van der Waals surface area contributed by atoms with Gasteiger partial charge in [-0.1, -0.05) is 22.4 Å². The van der Waals surface area contributed by atoms with E-state index in [-0.39, 0.29) is 11.5 Å². The highest BCUT2D eigenvalue weighted by Gasteiger charge is 2.18. The molecular weight excluding hydrogens is 384 g/mol. The number of hydrogen-bond donors (Lipinski definition) is 0. The molecule has 0 bridgehead atoms. The maximum Gasteiger partial charge on any atom is 0.263 e. The Morgan fingerprint density at radius 1 is 1.21 bits per heavy atom. The third-order valence-corrected chi connectivity index (χ3v) is 4.78. The van der Waals surface area contributed by atoms with Gasteiger partial charge in [-0.3, -0.25) is 0 Å². The Labute approximate surface area is 161 Å². The van der Waals surface area contributed by atoms with Gasteiger partial charge < -0.3 is 13.8 Å². The molecule has 0 aliphatic rings. The molecule has 0 amide bonds. The van der Waals surface area contributed by atoms with Crippen molar-refractivity contribution in [2.75, 3.05) is 6.26 Å². The maximum absolute atomic E-state index is 11.5. The molecule has 0 unspecified atom stereocenters. The second-order valence-electron chi connectivity index (χ2n) is 5.97. The molecule has 2 aromatic heterocycles. The van der Waals surface area contributed by atoms with Gasteiger partial charge in [-0.05, 0) is 37.6 Å². The van der Waals surface area contributed by atoms with Crippen molar-refractivity contribution in [3.8, 4) is 23.3 Å². The van der Waals surface area contributed by atoms with Crippen LogP contribution in [0.3, 0.4) is 0 Å². The summed E-state index contributed by atoms with van der Waals surface area (Å²) in [5.41, 5.74) is 1.88. The third kappa shape index (κ3) is 4.27. The Morgan fingerprint density at radius 3 is 2.50 bits per heavy atom. The van der Waals surface area contributed by atoms with Crippen LogP contribution in [-0.2, 0) is 16.4 Å². The number of nitrogens with zero attached hydrogens (tertiary/aromatic N) is 4. The number of nitriles is 1. The fraction of sp³-hybridized carbons (Fsp3) is 0.222. The molecule has 144 valence electrons. The van der Waals surface area contributed by atoms with Crippen LogP contribution in [0.4, 0.5) is 0 Å². The third-order valence-electron chi connectivity index (χ3n) is 3.77. The second-order valence-corrected chi connectivity index (χ2v) is 7.95. The topological polar surface area (TPSA) is 132 Å². The van der Waals surface area contributed by atoms with Crippen molar-refractivity contribution in [3.05, 3.63) is 52.0 Å². The number of aryl methyl sites for hydroxylation is 2. The molecule has 10 heteroatoms. The molecular formula is C18H16N4O5S. The molecule has 1 aromatic carbocycles. The van der Waals surface area contributed by atoms with Crippen LogP contribution in [0.25, 0.3) is 17.5 Å². The number of allylic oxidation sites excluding steroid dienone is 1. The molecule has 3 rings (SSSR count). The van der Waals surface area contributed by atoms with E-state index in [0.717, 1.165) is 6.26 Å². The van der Waals surface area contributed by atoms with E-state index in [1.54, 1.807) is 44.2 Å². The van der Waals surface area contributed by atoms with E-state index < -0.39 is 9.84 Å². The number of aromatic nitrogens is 3. The summed E-state index contributed by atoms with van der Waals surface area (Å²) < 4.78 is 38.9. The summed E-state index contributed by atoms with van der Waals surface area (Å²) in [5.74, 6) is 1.77. The van der Waals surface area contributed by atoms with Crippen molar-refractivity contribution in [3.63, 3.8) is 0 Å². The summed E-state index contributed by atoms with van der Waals surface area (Å²) in [6.45, 7) is 3.62. The van der Waals surface area contributed by atoms with Crippen molar-refractivity contribution in [1.29, 1.82) is 5.26 Å². The number of hydrogen-bond acceptors (Lipinski definition) is 9. The quantitative estimate of drug-likeness (QED) is 0.573. The molecule has 0 spiro atoms. The van der Waals surface area contributed by atoms with E-state index in [2.05, 4.69) is 15.3 Å². The van der Waals surface area contributed by atoms with E-state index in [1.807, 2.05) is 0 Å². The van der Waals surface area contributed by atoms with E-state index >= 15 is 0 Å². The van der Waals surface area contributed by atoms with Gasteiger partial charge >= 0.3 is 0 Å². The monoisotopic (exact) mass is 400 g/mol. The van der Waals surface area contributed by atoms with Crippen molar-refractivity contribution >= 4 is 15.9 Å². The van der Waals surface area contributed by atoms with E-state index in [4.69, 9.17) is 19.0 Å². The van der Waals surface area contributed by atoms with Crippen molar-refractivity contribution in [2.45, 2.75) is 20.5 Å². The normalized spacial score (nSPS) is 12.0. The Hall–Kier alpha value is -3.45. The van der Waals surface area contributed by atoms with Gasteiger partial charge in [-0.2, -0.15) is 10.2 Å². The zero-order chi connectivity index (χ0) is 20.3. The lowest BCUT2D eigenvalue weighted by atomic mass is 10.2. The van der Waals surface area contributed by atoms with Gasteiger partial charge in [0, 0.05) is 6.26 Å². The van der Waals surface area contributed by atoms with Gasteiger partial charge in [0.15, 0.2) is 16.4 Å². The molecule has 0 atom stereocenters. The molecule has 0 saturated carbocycles. The van der Waals surface area contributed by atoms with Crippen LogP contribution in [0.15, 0.2) is 38.2 Å². The minimum absolute atomic E-state index is 0.0782. The zero-order valence-corrected chi connectivity index (χ0v) is 16.1. The maximum atomic E-state index is 11.5. The first-order valence-corrected chi connectivity index (χ1v) is 9.97. The average Bonchev–Trinajstić information content (AvgIpc) is 3.24. The Kier molecular flexibility index (Phi) is 5.28. The molecule has 9 nitrogen and oxygen atoms in total. The standard InChI is InChI=1S/C18H16N4O5S/c1-11-17(12(2)26-21-11)18-20-16(22-27-18)10-25-14-6-4-13(5-7-14)8-15(9-19)28(3,23)24/h4-8H,10H2,1-3H3. The van der Waals surface area contributed by atoms with Gasteiger partial charge in [-0.15, -0.1) is 0 Å². The Bertz CT molecular complexity index is 1150. The summed E-state index contributed by atoms with van der Waals surface area (Å²) in [6, 6.07) is 8.26. The highest BCUT2D eigenvalue weighted by atomic mass is 32.2. The van der Waals surface area contributed by atoms with Gasteiger partial charge in [0.25, 0.3) is 5.89 Å². The van der Waals surface area contributed by atoms with E-state index in [1.165, 1.54) is 6.08 Å². The second kappa shape index (κ2) is 7.66. The first-order valence-electron chi connectivity index (χ1n) is 8.08.